The molecule has 2 bridgehead atoms. The number of carbonyl (C=O) groups is 1. The summed E-state index contributed by atoms with van der Waals surface area (Å²) in [6, 6.07) is 18.3. The van der Waals surface area contributed by atoms with Crippen LogP contribution < -0.4 is 4.74 Å². The van der Waals surface area contributed by atoms with Crippen LogP contribution in [0.2, 0.25) is 0 Å². The zero-order valence-corrected chi connectivity index (χ0v) is 21.3. The average molecular weight is 484 g/mol. The zero-order valence-electron chi connectivity index (χ0n) is 20.5. The number of carbonyl (C=O) groups excluding carboxylic acids is 1. The summed E-state index contributed by atoms with van der Waals surface area (Å²) in [6.07, 6.45) is 5.85. The van der Waals surface area contributed by atoms with Gasteiger partial charge in [-0.25, -0.2) is 9.97 Å². The van der Waals surface area contributed by atoms with Crippen molar-refractivity contribution >= 4 is 28.6 Å². The van der Waals surface area contributed by atoms with Gasteiger partial charge in [0.1, 0.15) is 22.7 Å². The first-order chi connectivity index (χ1) is 16.8. The molecule has 0 saturated heterocycles. The third-order valence-corrected chi connectivity index (χ3v) is 10.0. The molecule has 35 heavy (non-hydrogen) atoms. The van der Waals surface area contributed by atoms with Crippen molar-refractivity contribution in [2.24, 2.45) is 16.7 Å². The number of thioether (sulfide) groups is 1. The average Bonchev–Trinajstić information content (AvgIpc) is 3.42. The number of benzene rings is 2. The van der Waals surface area contributed by atoms with E-state index in [-0.39, 0.29) is 16.1 Å². The minimum absolute atomic E-state index is 0.00514. The molecular weight excluding hydrogens is 454 g/mol. The molecule has 0 spiro atoms. The summed E-state index contributed by atoms with van der Waals surface area (Å²) in [5.41, 5.74) is 3.77. The van der Waals surface area contributed by atoms with Crippen LogP contribution in [0, 0.1) is 16.7 Å². The third kappa shape index (κ3) is 3.19. The topological polar surface area (TPSA) is 57.0 Å². The minimum Gasteiger partial charge on any atom is -0.497 e. The van der Waals surface area contributed by atoms with Crippen LogP contribution in [-0.2, 0) is 4.79 Å². The Balaban J connectivity index is 1.51. The van der Waals surface area contributed by atoms with E-state index in [1.807, 2.05) is 42.5 Å². The van der Waals surface area contributed by atoms with Crippen LogP contribution in [0.3, 0.4) is 0 Å². The Morgan fingerprint density at radius 3 is 2.43 bits per heavy atom. The van der Waals surface area contributed by atoms with Gasteiger partial charge in [-0.05, 0) is 54.0 Å². The molecule has 2 aromatic heterocycles. The SMILES string of the molecule is COc1ccc(-n2cc(-c3ccccc3)c3c(SC4C(=O)C5(C)CCC4C5(C)C)ncnc32)cc1. The molecule has 5 nitrogen and oxygen atoms in total. The number of rotatable bonds is 5. The molecule has 2 aliphatic rings. The van der Waals surface area contributed by atoms with Gasteiger partial charge in [0.2, 0.25) is 0 Å². The first kappa shape index (κ1) is 22.4. The van der Waals surface area contributed by atoms with Gasteiger partial charge in [-0.2, -0.15) is 0 Å². The maximum atomic E-state index is 13.6. The Bertz CT molecular complexity index is 1430. The molecule has 0 aliphatic heterocycles. The fourth-order valence-electron chi connectivity index (χ4n) is 6.16. The molecule has 3 unspecified atom stereocenters. The molecule has 178 valence electrons. The van der Waals surface area contributed by atoms with Crippen molar-refractivity contribution in [3.8, 4) is 22.6 Å². The number of fused-ring (bicyclic) bond motifs is 3. The summed E-state index contributed by atoms with van der Waals surface area (Å²) >= 11 is 1.64. The number of hydrogen-bond acceptors (Lipinski definition) is 5. The number of methoxy groups -OCH3 is 1. The number of nitrogens with zero attached hydrogens (tertiary/aromatic N) is 3. The van der Waals surface area contributed by atoms with Gasteiger partial charge in [0.25, 0.3) is 0 Å². The quantitative estimate of drug-likeness (QED) is 0.300. The highest BCUT2D eigenvalue weighted by Gasteiger charge is 2.66. The summed E-state index contributed by atoms with van der Waals surface area (Å²) in [6.45, 7) is 6.71. The smallest absolute Gasteiger partial charge is 0.152 e. The highest BCUT2D eigenvalue weighted by Crippen LogP contribution is 2.66. The van der Waals surface area contributed by atoms with E-state index in [9.17, 15) is 4.79 Å². The fourth-order valence-corrected chi connectivity index (χ4v) is 7.83. The van der Waals surface area contributed by atoms with Crippen molar-refractivity contribution in [3.63, 3.8) is 0 Å². The Kier molecular flexibility index (Phi) is 5.08. The Morgan fingerprint density at radius 2 is 1.77 bits per heavy atom. The largest absolute Gasteiger partial charge is 0.497 e. The summed E-state index contributed by atoms with van der Waals surface area (Å²) in [5.74, 6) is 1.55. The van der Waals surface area contributed by atoms with Gasteiger partial charge in [-0.15, -0.1) is 0 Å². The Morgan fingerprint density at radius 1 is 1.03 bits per heavy atom. The van der Waals surface area contributed by atoms with Gasteiger partial charge < -0.3 is 9.30 Å². The molecule has 4 aromatic rings. The maximum Gasteiger partial charge on any atom is 0.152 e. The van der Waals surface area contributed by atoms with E-state index in [4.69, 9.17) is 14.7 Å². The summed E-state index contributed by atoms with van der Waals surface area (Å²) in [4.78, 5) is 23.1. The third-order valence-electron chi connectivity index (χ3n) is 8.69. The van der Waals surface area contributed by atoms with Crippen molar-refractivity contribution in [3.05, 3.63) is 67.1 Å². The van der Waals surface area contributed by atoms with Gasteiger partial charge in [-0.3, -0.25) is 4.79 Å². The second-order valence-electron chi connectivity index (χ2n) is 10.5. The van der Waals surface area contributed by atoms with Gasteiger partial charge in [-0.1, -0.05) is 62.9 Å². The van der Waals surface area contributed by atoms with Crippen LogP contribution in [0.15, 0.2) is 72.1 Å². The van der Waals surface area contributed by atoms with Crippen LogP contribution in [-0.4, -0.2) is 32.7 Å². The van der Waals surface area contributed by atoms with Crippen LogP contribution in [0.25, 0.3) is 27.8 Å². The first-order valence-corrected chi connectivity index (χ1v) is 13.0. The van der Waals surface area contributed by atoms with E-state index in [1.54, 1.807) is 25.2 Å². The summed E-state index contributed by atoms with van der Waals surface area (Å²) in [7, 11) is 1.67. The molecule has 3 atom stereocenters. The van der Waals surface area contributed by atoms with Gasteiger partial charge in [0.15, 0.2) is 5.78 Å². The van der Waals surface area contributed by atoms with Gasteiger partial charge in [0.05, 0.1) is 17.7 Å². The summed E-state index contributed by atoms with van der Waals surface area (Å²) < 4.78 is 7.46. The zero-order chi connectivity index (χ0) is 24.4. The van der Waals surface area contributed by atoms with Crippen molar-refractivity contribution < 1.29 is 9.53 Å². The van der Waals surface area contributed by atoms with Crippen molar-refractivity contribution in [1.29, 1.82) is 0 Å². The molecule has 0 amide bonds. The first-order valence-electron chi connectivity index (χ1n) is 12.1. The second-order valence-corrected chi connectivity index (χ2v) is 11.6. The Hall–Kier alpha value is -3.12. The lowest BCUT2D eigenvalue weighted by atomic mass is 9.70. The van der Waals surface area contributed by atoms with E-state index >= 15 is 0 Å². The van der Waals surface area contributed by atoms with Crippen LogP contribution in [0.4, 0.5) is 0 Å². The maximum absolute atomic E-state index is 13.6. The number of Topliss-reactive ketones (excluding diaryl/α,β-unsaturated/α-hetero) is 1. The van der Waals surface area contributed by atoms with Gasteiger partial charge >= 0.3 is 0 Å². The summed E-state index contributed by atoms with van der Waals surface area (Å²) in [5, 5.41) is 1.80. The predicted molar refractivity (Wildman–Crippen MR) is 140 cm³/mol. The second kappa shape index (κ2) is 7.95. The monoisotopic (exact) mass is 483 g/mol. The van der Waals surface area contributed by atoms with E-state index in [0.717, 1.165) is 51.5 Å². The normalized spacial score (nSPS) is 24.9. The number of ketones is 1. The van der Waals surface area contributed by atoms with Crippen molar-refractivity contribution in [1.82, 2.24) is 14.5 Å². The minimum atomic E-state index is -0.251. The molecule has 2 heterocycles. The lowest BCUT2D eigenvalue weighted by Gasteiger charge is -2.32. The van der Waals surface area contributed by atoms with E-state index in [1.165, 1.54) is 0 Å². The van der Waals surface area contributed by atoms with Crippen LogP contribution in [0.5, 0.6) is 5.75 Å². The van der Waals surface area contributed by atoms with E-state index < -0.39 is 0 Å². The molecule has 2 aliphatic carbocycles. The number of ether oxygens (including phenoxy) is 1. The molecule has 6 heteroatoms. The highest BCUT2D eigenvalue weighted by atomic mass is 32.2. The van der Waals surface area contributed by atoms with Crippen molar-refractivity contribution in [2.45, 2.75) is 43.9 Å². The van der Waals surface area contributed by atoms with Gasteiger partial charge in [0, 0.05) is 22.9 Å². The number of aromatic nitrogens is 3. The van der Waals surface area contributed by atoms with E-state index in [0.29, 0.717) is 11.7 Å². The predicted octanol–water partition coefficient (Wildman–Crippen LogP) is 6.58. The van der Waals surface area contributed by atoms with Crippen LogP contribution in [0.1, 0.15) is 33.6 Å². The van der Waals surface area contributed by atoms with E-state index in [2.05, 4.69) is 43.7 Å². The lowest BCUT2D eigenvalue weighted by Crippen LogP contribution is -2.34. The molecular formula is C29H29N3O2S. The molecule has 2 fully saturated rings. The fraction of sp³-hybridized carbons (Fsp3) is 0.345. The molecule has 6 rings (SSSR count). The molecule has 0 N–H and O–H groups in total. The lowest BCUT2D eigenvalue weighted by molar-refractivity contribution is -0.127. The van der Waals surface area contributed by atoms with Crippen LogP contribution >= 0.6 is 11.8 Å². The standard InChI is InChI=1S/C29H29N3O2S/c1-28(2)22-14-15-29(28,3)25(33)24(22)35-27-23-21(18-8-6-5-7-9-18)16-32(26(23)30-17-31-27)19-10-12-20(34-4)13-11-19/h5-13,16-17,22,24H,14-15H2,1-4H3. The molecule has 2 saturated carbocycles. The highest BCUT2D eigenvalue weighted by molar-refractivity contribution is 8.00. The Labute approximate surface area is 209 Å². The van der Waals surface area contributed by atoms with Crippen molar-refractivity contribution in [2.75, 3.05) is 7.11 Å². The molecule has 2 aromatic carbocycles. The molecule has 0 radical (unpaired) electrons. The number of hydrogen-bond donors (Lipinski definition) is 0.